The molecule has 0 saturated heterocycles. The van der Waals surface area contributed by atoms with Crippen molar-refractivity contribution in [1.29, 1.82) is 0 Å². The van der Waals surface area contributed by atoms with Gasteiger partial charge in [0.15, 0.2) is 0 Å². The van der Waals surface area contributed by atoms with E-state index in [4.69, 9.17) is 21.1 Å². The van der Waals surface area contributed by atoms with Crippen LogP contribution in [-0.4, -0.2) is 26.3 Å². The second-order valence-electron chi connectivity index (χ2n) is 5.35. The summed E-state index contributed by atoms with van der Waals surface area (Å²) in [6.45, 7) is 4.58. The molecule has 2 rings (SSSR count). The number of carbonyl (C=O) groups is 1. The Balaban J connectivity index is 1.79. The van der Waals surface area contributed by atoms with E-state index in [1.807, 2.05) is 44.2 Å². The molecule has 2 aromatic rings. The van der Waals surface area contributed by atoms with Gasteiger partial charge in [-0.15, -0.1) is 0 Å². The number of halogens is 1. The lowest BCUT2D eigenvalue weighted by Crippen LogP contribution is -2.32. The summed E-state index contributed by atoms with van der Waals surface area (Å²) in [5.74, 6) is 1.41. The molecule has 0 aromatic heterocycles. The van der Waals surface area contributed by atoms with Crippen molar-refractivity contribution >= 4 is 23.3 Å². The van der Waals surface area contributed by atoms with Gasteiger partial charge in [-0.2, -0.15) is 0 Å². The molecule has 2 aromatic carbocycles. The number of hydrogen-bond donors (Lipinski definition) is 2. The van der Waals surface area contributed by atoms with Crippen molar-refractivity contribution in [2.24, 2.45) is 0 Å². The van der Waals surface area contributed by atoms with E-state index in [2.05, 4.69) is 10.6 Å². The van der Waals surface area contributed by atoms with Crippen LogP contribution in [0.15, 0.2) is 36.4 Å². The normalized spacial score (nSPS) is 10.2. The fourth-order valence-corrected chi connectivity index (χ4v) is 2.62. The lowest BCUT2D eigenvalue weighted by molar-refractivity contribution is 0.247. The van der Waals surface area contributed by atoms with Crippen molar-refractivity contribution in [2.75, 3.05) is 25.6 Å². The molecular formula is C18H21ClN2O3. The van der Waals surface area contributed by atoms with E-state index < -0.39 is 0 Å². The first kappa shape index (κ1) is 17.9. The van der Waals surface area contributed by atoms with Crippen molar-refractivity contribution in [3.05, 3.63) is 52.5 Å². The van der Waals surface area contributed by atoms with E-state index in [1.165, 1.54) is 0 Å². The van der Waals surface area contributed by atoms with Gasteiger partial charge in [-0.1, -0.05) is 23.7 Å². The molecule has 0 atom stereocenters. The average Bonchev–Trinajstić information content (AvgIpc) is 2.55. The molecule has 0 aliphatic heterocycles. The standard InChI is InChI=1S/C18H21ClN2O3/c1-12-9-13(2)17(16(19)10-12)21-18(22)20-7-8-24-15-6-4-5-14(11-15)23-3/h4-6,9-11H,7-8H2,1-3H3,(H2,20,21,22). The topological polar surface area (TPSA) is 59.6 Å². The Morgan fingerprint density at radius 2 is 1.92 bits per heavy atom. The van der Waals surface area contributed by atoms with Crippen LogP contribution in [0.3, 0.4) is 0 Å². The summed E-state index contributed by atoms with van der Waals surface area (Å²) in [5, 5.41) is 6.02. The molecule has 6 heteroatoms. The van der Waals surface area contributed by atoms with Crippen LogP contribution in [-0.2, 0) is 0 Å². The van der Waals surface area contributed by atoms with Crippen LogP contribution >= 0.6 is 11.6 Å². The van der Waals surface area contributed by atoms with Gasteiger partial charge in [0.2, 0.25) is 0 Å². The second kappa shape index (κ2) is 8.45. The summed E-state index contributed by atoms with van der Waals surface area (Å²) in [4.78, 5) is 12.0. The lowest BCUT2D eigenvalue weighted by atomic mass is 10.1. The molecule has 0 heterocycles. The van der Waals surface area contributed by atoms with E-state index in [9.17, 15) is 4.79 Å². The molecule has 0 radical (unpaired) electrons. The summed E-state index contributed by atoms with van der Waals surface area (Å²) >= 11 is 6.17. The van der Waals surface area contributed by atoms with Gasteiger partial charge in [-0.25, -0.2) is 4.79 Å². The number of nitrogens with one attached hydrogen (secondary N) is 2. The molecule has 0 unspecified atom stereocenters. The van der Waals surface area contributed by atoms with Crippen LogP contribution < -0.4 is 20.1 Å². The number of carbonyl (C=O) groups excluding carboxylic acids is 1. The van der Waals surface area contributed by atoms with Crippen LogP contribution in [0.25, 0.3) is 0 Å². The van der Waals surface area contributed by atoms with Gasteiger partial charge >= 0.3 is 6.03 Å². The molecule has 0 aliphatic carbocycles. The number of rotatable bonds is 6. The van der Waals surface area contributed by atoms with Crippen LogP contribution in [0.1, 0.15) is 11.1 Å². The van der Waals surface area contributed by atoms with Gasteiger partial charge in [0.25, 0.3) is 0 Å². The van der Waals surface area contributed by atoms with E-state index in [1.54, 1.807) is 13.2 Å². The minimum atomic E-state index is -0.321. The number of amides is 2. The SMILES string of the molecule is COc1cccc(OCCNC(=O)Nc2c(C)cc(C)cc2Cl)c1. The lowest BCUT2D eigenvalue weighted by Gasteiger charge is -2.13. The van der Waals surface area contributed by atoms with E-state index in [-0.39, 0.29) is 6.03 Å². The highest BCUT2D eigenvalue weighted by Gasteiger charge is 2.09. The summed E-state index contributed by atoms with van der Waals surface area (Å²) < 4.78 is 10.7. The Labute approximate surface area is 146 Å². The monoisotopic (exact) mass is 348 g/mol. The van der Waals surface area contributed by atoms with E-state index >= 15 is 0 Å². The molecule has 2 amide bonds. The molecule has 0 aliphatic rings. The molecule has 0 spiro atoms. The van der Waals surface area contributed by atoms with Crippen molar-refractivity contribution in [3.63, 3.8) is 0 Å². The quantitative estimate of drug-likeness (QED) is 0.770. The van der Waals surface area contributed by atoms with Gasteiger partial charge in [0.05, 0.1) is 24.4 Å². The fourth-order valence-electron chi connectivity index (χ4n) is 2.26. The molecular weight excluding hydrogens is 328 g/mol. The number of anilines is 1. The highest BCUT2D eigenvalue weighted by atomic mass is 35.5. The third kappa shape index (κ3) is 5.06. The zero-order chi connectivity index (χ0) is 17.5. The molecule has 24 heavy (non-hydrogen) atoms. The zero-order valence-electron chi connectivity index (χ0n) is 14.0. The average molecular weight is 349 g/mol. The molecule has 0 bridgehead atoms. The smallest absolute Gasteiger partial charge is 0.319 e. The third-order valence-corrected chi connectivity index (χ3v) is 3.67. The van der Waals surface area contributed by atoms with Crippen LogP contribution in [0.2, 0.25) is 5.02 Å². The summed E-state index contributed by atoms with van der Waals surface area (Å²) in [6, 6.07) is 10.8. The van der Waals surface area contributed by atoms with Crippen LogP contribution in [0.5, 0.6) is 11.5 Å². The maximum absolute atomic E-state index is 12.0. The molecule has 0 fully saturated rings. The number of urea groups is 1. The van der Waals surface area contributed by atoms with Crippen molar-refractivity contribution in [1.82, 2.24) is 5.32 Å². The minimum Gasteiger partial charge on any atom is -0.497 e. The van der Waals surface area contributed by atoms with E-state index in [0.29, 0.717) is 29.6 Å². The molecule has 0 saturated carbocycles. The largest absolute Gasteiger partial charge is 0.497 e. The number of hydrogen-bond acceptors (Lipinski definition) is 3. The number of benzene rings is 2. The maximum atomic E-state index is 12.0. The molecule has 5 nitrogen and oxygen atoms in total. The van der Waals surface area contributed by atoms with Gasteiger partial charge in [-0.3, -0.25) is 0 Å². The van der Waals surface area contributed by atoms with Gasteiger partial charge in [0.1, 0.15) is 18.1 Å². The van der Waals surface area contributed by atoms with Gasteiger partial charge in [-0.05, 0) is 43.2 Å². The van der Waals surface area contributed by atoms with Crippen molar-refractivity contribution in [2.45, 2.75) is 13.8 Å². The zero-order valence-corrected chi connectivity index (χ0v) is 14.7. The maximum Gasteiger partial charge on any atom is 0.319 e. The minimum absolute atomic E-state index is 0.321. The third-order valence-electron chi connectivity index (χ3n) is 3.37. The highest BCUT2D eigenvalue weighted by molar-refractivity contribution is 6.34. The van der Waals surface area contributed by atoms with Crippen molar-refractivity contribution < 1.29 is 14.3 Å². The second-order valence-corrected chi connectivity index (χ2v) is 5.75. The Morgan fingerprint density at radius 1 is 1.17 bits per heavy atom. The van der Waals surface area contributed by atoms with E-state index in [0.717, 1.165) is 16.9 Å². The predicted octanol–water partition coefficient (Wildman–Crippen LogP) is 4.17. The Kier molecular flexibility index (Phi) is 6.32. The summed E-state index contributed by atoms with van der Waals surface area (Å²) in [6.07, 6.45) is 0. The summed E-state index contributed by atoms with van der Waals surface area (Å²) in [5.41, 5.74) is 2.59. The highest BCUT2D eigenvalue weighted by Crippen LogP contribution is 2.27. The Bertz CT molecular complexity index is 696. The fraction of sp³-hybridized carbons (Fsp3) is 0.278. The van der Waals surface area contributed by atoms with Crippen LogP contribution in [0.4, 0.5) is 10.5 Å². The summed E-state index contributed by atoms with van der Waals surface area (Å²) in [7, 11) is 1.60. The first-order valence-corrected chi connectivity index (χ1v) is 7.96. The van der Waals surface area contributed by atoms with Crippen LogP contribution in [0, 0.1) is 13.8 Å². The van der Waals surface area contributed by atoms with Crippen molar-refractivity contribution in [3.8, 4) is 11.5 Å². The number of aryl methyl sites for hydroxylation is 2. The Hall–Kier alpha value is -2.40. The first-order chi connectivity index (χ1) is 11.5. The van der Waals surface area contributed by atoms with Gasteiger partial charge in [0, 0.05) is 6.07 Å². The van der Waals surface area contributed by atoms with Gasteiger partial charge < -0.3 is 20.1 Å². The Morgan fingerprint density at radius 3 is 2.62 bits per heavy atom. The first-order valence-electron chi connectivity index (χ1n) is 7.58. The number of methoxy groups -OCH3 is 1. The molecule has 128 valence electrons. The molecule has 2 N–H and O–H groups in total. The number of ether oxygens (including phenoxy) is 2. The predicted molar refractivity (Wildman–Crippen MR) is 96.4 cm³/mol.